The zero-order valence-corrected chi connectivity index (χ0v) is 12.5. The molecular weight excluding hydrogens is 318 g/mol. The van der Waals surface area contributed by atoms with Crippen molar-refractivity contribution in [2.24, 2.45) is 5.73 Å². The van der Waals surface area contributed by atoms with Crippen LogP contribution in [0.25, 0.3) is 0 Å². The molecule has 0 aliphatic rings. The van der Waals surface area contributed by atoms with Crippen LogP contribution in [0.1, 0.15) is 12.0 Å². The summed E-state index contributed by atoms with van der Waals surface area (Å²) in [5.41, 5.74) is 7.73. The molecule has 5 heteroatoms. The first-order chi connectivity index (χ1) is 9.65. The van der Waals surface area contributed by atoms with E-state index in [2.05, 4.69) is 26.2 Å². The molecule has 0 spiro atoms. The zero-order valence-electron chi connectivity index (χ0n) is 10.9. The minimum atomic E-state index is -0.529. The number of rotatable bonds is 5. The number of hydrogen-bond acceptors (Lipinski definition) is 3. The number of aromatic nitrogens is 1. The number of carbonyl (C=O) groups is 1. The Balaban J connectivity index is 1.84. The van der Waals surface area contributed by atoms with Crippen LogP contribution in [0, 0.1) is 0 Å². The number of pyridine rings is 1. The molecule has 1 unspecified atom stereocenters. The van der Waals surface area contributed by atoms with E-state index in [0.29, 0.717) is 12.1 Å². The average molecular weight is 334 g/mol. The Kier molecular flexibility index (Phi) is 5.26. The predicted octanol–water partition coefficient (Wildman–Crippen LogP) is 2.74. The largest absolute Gasteiger partial charge is 0.323 e. The summed E-state index contributed by atoms with van der Waals surface area (Å²) >= 11 is 3.24. The van der Waals surface area contributed by atoms with Gasteiger partial charge in [-0.1, -0.05) is 30.3 Å². The molecule has 0 saturated heterocycles. The third kappa shape index (κ3) is 4.43. The van der Waals surface area contributed by atoms with Crippen molar-refractivity contribution in [3.63, 3.8) is 0 Å². The molecule has 1 aromatic heterocycles. The molecule has 0 aliphatic heterocycles. The van der Waals surface area contributed by atoms with Crippen LogP contribution < -0.4 is 11.1 Å². The fourth-order valence-corrected chi connectivity index (χ4v) is 2.02. The van der Waals surface area contributed by atoms with Gasteiger partial charge in [-0.15, -0.1) is 0 Å². The van der Waals surface area contributed by atoms with Crippen molar-refractivity contribution in [1.82, 2.24) is 4.98 Å². The maximum absolute atomic E-state index is 11.9. The van der Waals surface area contributed by atoms with E-state index in [9.17, 15) is 4.79 Å². The van der Waals surface area contributed by atoms with Crippen molar-refractivity contribution in [2.45, 2.75) is 18.9 Å². The highest BCUT2D eigenvalue weighted by Gasteiger charge is 2.13. The lowest BCUT2D eigenvalue weighted by molar-refractivity contribution is -0.117. The maximum Gasteiger partial charge on any atom is 0.241 e. The van der Waals surface area contributed by atoms with Gasteiger partial charge in [0.05, 0.1) is 17.9 Å². The second-order valence-corrected chi connectivity index (χ2v) is 5.30. The van der Waals surface area contributed by atoms with Gasteiger partial charge in [-0.05, 0) is 46.5 Å². The summed E-state index contributed by atoms with van der Waals surface area (Å²) in [6, 6.07) is 13.0. The molecule has 1 atom stereocenters. The Morgan fingerprint density at radius 2 is 2.00 bits per heavy atom. The topological polar surface area (TPSA) is 68.0 Å². The summed E-state index contributed by atoms with van der Waals surface area (Å²) in [7, 11) is 0. The predicted molar refractivity (Wildman–Crippen MR) is 83.3 cm³/mol. The number of carbonyl (C=O) groups excluding carboxylic acids is 1. The number of nitrogens with zero attached hydrogens (tertiary/aromatic N) is 1. The lowest BCUT2D eigenvalue weighted by Gasteiger charge is -2.12. The fraction of sp³-hybridized carbons (Fsp3) is 0.200. The van der Waals surface area contributed by atoms with Crippen LogP contribution in [0.5, 0.6) is 0 Å². The highest BCUT2D eigenvalue weighted by Crippen LogP contribution is 2.11. The van der Waals surface area contributed by atoms with E-state index < -0.39 is 6.04 Å². The summed E-state index contributed by atoms with van der Waals surface area (Å²) in [6.07, 6.45) is 2.99. The molecule has 2 aromatic rings. The molecular formula is C15H16BrN3O. The molecule has 0 saturated carbocycles. The van der Waals surface area contributed by atoms with Gasteiger partial charge in [-0.3, -0.25) is 4.79 Å². The number of aryl methyl sites for hydroxylation is 1. The smallest absolute Gasteiger partial charge is 0.241 e. The van der Waals surface area contributed by atoms with Gasteiger partial charge < -0.3 is 11.1 Å². The van der Waals surface area contributed by atoms with Gasteiger partial charge in [0, 0.05) is 0 Å². The molecule has 104 valence electrons. The van der Waals surface area contributed by atoms with Crippen LogP contribution in [-0.2, 0) is 11.2 Å². The van der Waals surface area contributed by atoms with Gasteiger partial charge in [0.1, 0.15) is 4.60 Å². The van der Waals surface area contributed by atoms with E-state index in [1.165, 1.54) is 5.56 Å². The van der Waals surface area contributed by atoms with Crippen LogP contribution in [0.4, 0.5) is 5.69 Å². The molecule has 0 radical (unpaired) electrons. The van der Waals surface area contributed by atoms with Crippen LogP contribution >= 0.6 is 15.9 Å². The van der Waals surface area contributed by atoms with Crippen molar-refractivity contribution >= 4 is 27.5 Å². The Morgan fingerprint density at radius 1 is 1.25 bits per heavy atom. The van der Waals surface area contributed by atoms with Crippen LogP contribution in [0.15, 0.2) is 53.3 Å². The molecule has 0 fully saturated rings. The number of amides is 1. The summed E-state index contributed by atoms with van der Waals surface area (Å²) in [6.45, 7) is 0. The highest BCUT2D eigenvalue weighted by atomic mass is 79.9. The minimum absolute atomic E-state index is 0.190. The zero-order chi connectivity index (χ0) is 14.4. The molecule has 1 aromatic carbocycles. The first-order valence-electron chi connectivity index (χ1n) is 6.37. The lowest BCUT2D eigenvalue weighted by Crippen LogP contribution is -2.36. The first kappa shape index (κ1) is 14.7. The SMILES string of the molecule is NC(CCc1ccccc1)C(=O)Nc1ccc(Br)nc1. The van der Waals surface area contributed by atoms with Crippen LogP contribution in [0.2, 0.25) is 0 Å². The molecule has 1 heterocycles. The monoisotopic (exact) mass is 333 g/mol. The van der Waals surface area contributed by atoms with Crippen molar-refractivity contribution in [3.05, 3.63) is 58.8 Å². The summed E-state index contributed by atoms with van der Waals surface area (Å²) in [5.74, 6) is -0.190. The van der Waals surface area contributed by atoms with Crippen LogP contribution in [0.3, 0.4) is 0 Å². The maximum atomic E-state index is 11.9. The van der Waals surface area contributed by atoms with Crippen molar-refractivity contribution in [2.75, 3.05) is 5.32 Å². The van der Waals surface area contributed by atoms with Gasteiger partial charge in [0.25, 0.3) is 0 Å². The lowest BCUT2D eigenvalue weighted by atomic mass is 10.1. The second-order valence-electron chi connectivity index (χ2n) is 4.49. The van der Waals surface area contributed by atoms with E-state index in [0.717, 1.165) is 11.0 Å². The molecule has 2 rings (SSSR count). The third-order valence-corrected chi connectivity index (χ3v) is 3.39. The van der Waals surface area contributed by atoms with E-state index in [1.54, 1.807) is 18.3 Å². The van der Waals surface area contributed by atoms with Crippen molar-refractivity contribution in [1.29, 1.82) is 0 Å². The molecule has 0 aliphatic carbocycles. The minimum Gasteiger partial charge on any atom is -0.323 e. The standard InChI is InChI=1S/C15H16BrN3O/c16-14-9-7-12(10-18-14)19-15(20)13(17)8-6-11-4-2-1-3-5-11/h1-5,7,9-10,13H,6,8,17H2,(H,19,20). The molecule has 1 amide bonds. The first-order valence-corrected chi connectivity index (χ1v) is 7.16. The normalized spacial score (nSPS) is 11.9. The Labute approximate surface area is 126 Å². The summed E-state index contributed by atoms with van der Waals surface area (Å²) in [4.78, 5) is 16.0. The van der Waals surface area contributed by atoms with Gasteiger partial charge in [0.2, 0.25) is 5.91 Å². The van der Waals surface area contributed by atoms with Gasteiger partial charge >= 0.3 is 0 Å². The third-order valence-electron chi connectivity index (χ3n) is 2.92. The fourth-order valence-electron chi connectivity index (χ4n) is 1.78. The molecule has 20 heavy (non-hydrogen) atoms. The highest BCUT2D eigenvalue weighted by molar-refractivity contribution is 9.10. The van der Waals surface area contributed by atoms with Gasteiger partial charge in [0.15, 0.2) is 0 Å². The quantitative estimate of drug-likeness (QED) is 0.826. The molecule has 4 nitrogen and oxygen atoms in total. The van der Waals surface area contributed by atoms with Crippen molar-refractivity contribution in [3.8, 4) is 0 Å². The van der Waals surface area contributed by atoms with Crippen molar-refractivity contribution < 1.29 is 4.79 Å². The Morgan fingerprint density at radius 3 is 2.65 bits per heavy atom. The van der Waals surface area contributed by atoms with E-state index >= 15 is 0 Å². The summed E-state index contributed by atoms with van der Waals surface area (Å²) < 4.78 is 0.726. The van der Waals surface area contributed by atoms with E-state index in [1.807, 2.05) is 30.3 Å². The number of anilines is 1. The van der Waals surface area contributed by atoms with E-state index in [-0.39, 0.29) is 5.91 Å². The number of halogens is 1. The summed E-state index contributed by atoms with van der Waals surface area (Å²) in [5, 5.41) is 2.76. The second kappa shape index (κ2) is 7.17. The Hall–Kier alpha value is -1.72. The number of nitrogens with two attached hydrogens (primary N) is 1. The molecule has 0 bridgehead atoms. The Bertz CT molecular complexity index is 557. The number of benzene rings is 1. The van der Waals surface area contributed by atoms with Gasteiger partial charge in [-0.2, -0.15) is 0 Å². The van der Waals surface area contributed by atoms with Gasteiger partial charge in [-0.25, -0.2) is 4.98 Å². The van der Waals surface area contributed by atoms with E-state index in [4.69, 9.17) is 5.73 Å². The number of nitrogens with one attached hydrogen (secondary N) is 1. The number of hydrogen-bond donors (Lipinski definition) is 2. The average Bonchev–Trinajstić information content (AvgIpc) is 2.48. The molecule has 3 N–H and O–H groups in total. The van der Waals surface area contributed by atoms with Crippen LogP contribution in [-0.4, -0.2) is 16.9 Å².